The van der Waals surface area contributed by atoms with E-state index in [0.717, 1.165) is 39.1 Å². The van der Waals surface area contributed by atoms with Crippen molar-refractivity contribution >= 4 is 11.4 Å². The zero-order chi connectivity index (χ0) is 20.7. The lowest BCUT2D eigenvalue weighted by atomic mass is 10.2. The summed E-state index contributed by atoms with van der Waals surface area (Å²) in [6.07, 6.45) is 5.86. The first kappa shape index (κ1) is 19.0. The average molecular weight is 411 g/mol. The predicted octanol–water partition coefficient (Wildman–Crippen LogP) is 0.454. The van der Waals surface area contributed by atoms with E-state index in [9.17, 15) is 9.59 Å². The number of hydrogen-bond donors (Lipinski definition) is 1. The Morgan fingerprint density at radius 1 is 1.30 bits per heavy atom. The SMILES string of the molecule is Cc1c(C(=O)N2CCN(CC3CCCO3)CC2)cnn1-c1nn2cccc2c(=O)[nH]1. The van der Waals surface area contributed by atoms with E-state index >= 15 is 0 Å². The summed E-state index contributed by atoms with van der Waals surface area (Å²) in [6.45, 7) is 6.68. The summed E-state index contributed by atoms with van der Waals surface area (Å²) in [6, 6.07) is 3.45. The van der Waals surface area contributed by atoms with Crippen molar-refractivity contribution in [3.8, 4) is 5.95 Å². The zero-order valence-electron chi connectivity index (χ0n) is 17.0. The minimum Gasteiger partial charge on any atom is -0.377 e. The molecule has 3 aromatic rings. The molecule has 0 aromatic carbocycles. The van der Waals surface area contributed by atoms with Gasteiger partial charge in [0.25, 0.3) is 11.5 Å². The molecule has 0 spiro atoms. The second-order valence-corrected chi connectivity index (χ2v) is 7.90. The lowest BCUT2D eigenvalue weighted by Crippen LogP contribution is -2.50. The van der Waals surface area contributed by atoms with Crippen LogP contribution in [0.5, 0.6) is 0 Å². The first-order valence-electron chi connectivity index (χ1n) is 10.4. The second kappa shape index (κ2) is 7.69. The van der Waals surface area contributed by atoms with E-state index in [0.29, 0.717) is 36.0 Å². The summed E-state index contributed by atoms with van der Waals surface area (Å²) in [5.74, 6) is 0.238. The molecule has 2 fully saturated rings. The zero-order valence-corrected chi connectivity index (χ0v) is 17.0. The number of aromatic amines is 1. The van der Waals surface area contributed by atoms with Gasteiger partial charge in [-0.15, -0.1) is 5.10 Å². The molecule has 3 aromatic heterocycles. The Morgan fingerprint density at radius 2 is 2.13 bits per heavy atom. The van der Waals surface area contributed by atoms with Gasteiger partial charge < -0.3 is 9.64 Å². The second-order valence-electron chi connectivity index (χ2n) is 7.90. The molecule has 2 aliphatic heterocycles. The molecule has 0 saturated carbocycles. The molecule has 5 heterocycles. The molecule has 2 saturated heterocycles. The Balaban J connectivity index is 1.30. The van der Waals surface area contributed by atoms with Gasteiger partial charge in [0.2, 0.25) is 5.95 Å². The van der Waals surface area contributed by atoms with E-state index in [-0.39, 0.29) is 17.4 Å². The molecule has 1 N–H and O–H groups in total. The number of ether oxygens (including phenoxy) is 1. The maximum atomic E-state index is 13.1. The van der Waals surface area contributed by atoms with Crippen molar-refractivity contribution in [3.63, 3.8) is 0 Å². The van der Waals surface area contributed by atoms with Crippen LogP contribution in [-0.2, 0) is 4.74 Å². The van der Waals surface area contributed by atoms with Crippen molar-refractivity contribution in [1.29, 1.82) is 0 Å². The maximum Gasteiger partial charge on any atom is 0.276 e. The third-order valence-corrected chi connectivity index (χ3v) is 5.97. The fraction of sp³-hybridized carbons (Fsp3) is 0.500. The fourth-order valence-electron chi connectivity index (χ4n) is 4.24. The molecule has 0 aliphatic carbocycles. The summed E-state index contributed by atoms with van der Waals surface area (Å²) < 4.78 is 8.73. The number of H-pyrrole nitrogens is 1. The van der Waals surface area contributed by atoms with Crippen LogP contribution >= 0.6 is 0 Å². The number of nitrogens with zero attached hydrogens (tertiary/aromatic N) is 6. The Kier molecular flexibility index (Phi) is 4.87. The summed E-state index contributed by atoms with van der Waals surface area (Å²) in [5.41, 5.74) is 1.38. The van der Waals surface area contributed by atoms with Gasteiger partial charge in [-0.2, -0.15) is 5.10 Å². The molecular formula is C20H25N7O3. The van der Waals surface area contributed by atoms with Crippen LogP contribution in [0.1, 0.15) is 28.9 Å². The monoisotopic (exact) mass is 411 g/mol. The number of fused-ring (bicyclic) bond motifs is 1. The molecule has 5 rings (SSSR count). The number of amides is 1. The number of aromatic nitrogens is 5. The van der Waals surface area contributed by atoms with Gasteiger partial charge in [-0.1, -0.05) is 0 Å². The van der Waals surface area contributed by atoms with E-state index < -0.39 is 0 Å². The van der Waals surface area contributed by atoms with Crippen molar-refractivity contribution in [3.05, 3.63) is 46.1 Å². The van der Waals surface area contributed by atoms with Gasteiger partial charge in [-0.25, -0.2) is 9.20 Å². The summed E-state index contributed by atoms with van der Waals surface area (Å²) >= 11 is 0. The maximum absolute atomic E-state index is 13.1. The summed E-state index contributed by atoms with van der Waals surface area (Å²) in [7, 11) is 0. The fourth-order valence-corrected chi connectivity index (χ4v) is 4.24. The molecule has 1 amide bonds. The Labute approximate surface area is 173 Å². The molecule has 30 heavy (non-hydrogen) atoms. The summed E-state index contributed by atoms with van der Waals surface area (Å²) in [4.78, 5) is 32.3. The van der Waals surface area contributed by atoms with E-state index in [1.807, 2.05) is 11.8 Å². The van der Waals surface area contributed by atoms with Crippen LogP contribution in [-0.4, -0.2) is 85.5 Å². The lowest BCUT2D eigenvalue weighted by Gasteiger charge is -2.35. The number of carbonyl (C=O) groups is 1. The molecule has 2 aliphatic rings. The first-order valence-corrected chi connectivity index (χ1v) is 10.4. The smallest absolute Gasteiger partial charge is 0.276 e. The summed E-state index contributed by atoms with van der Waals surface area (Å²) in [5, 5.41) is 8.70. The van der Waals surface area contributed by atoms with Gasteiger partial charge in [0.05, 0.1) is 23.6 Å². The van der Waals surface area contributed by atoms with Crippen LogP contribution in [0.15, 0.2) is 29.3 Å². The van der Waals surface area contributed by atoms with Gasteiger partial charge in [-0.3, -0.25) is 19.5 Å². The third kappa shape index (κ3) is 3.41. The van der Waals surface area contributed by atoms with E-state index in [1.54, 1.807) is 24.5 Å². The van der Waals surface area contributed by atoms with Gasteiger partial charge in [0, 0.05) is 45.5 Å². The molecule has 1 unspecified atom stereocenters. The van der Waals surface area contributed by atoms with Crippen molar-refractivity contribution < 1.29 is 9.53 Å². The van der Waals surface area contributed by atoms with Crippen LogP contribution in [0.25, 0.3) is 11.5 Å². The normalized spacial score (nSPS) is 20.3. The van der Waals surface area contributed by atoms with Crippen LogP contribution in [0.2, 0.25) is 0 Å². The van der Waals surface area contributed by atoms with Crippen LogP contribution < -0.4 is 5.56 Å². The third-order valence-electron chi connectivity index (χ3n) is 5.97. The molecule has 1 atom stereocenters. The highest BCUT2D eigenvalue weighted by Crippen LogP contribution is 2.17. The Morgan fingerprint density at radius 3 is 2.90 bits per heavy atom. The Bertz CT molecular complexity index is 1120. The number of nitrogens with one attached hydrogen (secondary N) is 1. The molecule has 0 radical (unpaired) electrons. The average Bonchev–Trinajstić information content (AvgIpc) is 3.49. The number of carbonyl (C=O) groups excluding carboxylic acids is 1. The van der Waals surface area contributed by atoms with Crippen LogP contribution in [0, 0.1) is 6.92 Å². The van der Waals surface area contributed by atoms with Crippen LogP contribution in [0.3, 0.4) is 0 Å². The molecular weight excluding hydrogens is 386 g/mol. The lowest BCUT2D eigenvalue weighted by molar-refractivity contribution is 0.0432. The van der Waals surface area contributed by atoms with Gasteiger partial charge in [-0.05, 0) is 31.9 Å². The highest BCUT2D eigenvalue weighted by atomic mass is 16.5. The van der Waals surface area contributed by atoms with Gasteiger partial charge >= 0.3 is 0 Å². The van der Waals surface area contributed by atoms with Crippen molar-refractivity contribution in [2.45, 2.75) is 25.9 Å². The molecule has 0 bridgehead atoms. The number of hydrogen-bond acceptors (Lipinski definition) is 6. The van der Waals surface area contributed by atoms with Gasteiger partial charge in [0.1, 0.15) is 5.52 Å². The Hall–Kier alpha value is -2.98. The molecule has 10 heteroatoms. The largest absolute Gasteiger partial charge is 0.377 e. The minimum absolute atomic E-state index is 0.0418. The topological polar surface area (TPSA) is 101 Å². The molecule has 10 nitrogen and oxygen atoms in total. The number of rotatable bonds is 4. The van der Waals surface area contributed by atoms with Crippen molar-refractivity contribution in [2.24, 2.45) is 0 Å². The van der Waals surface area contributed by atoms with Gasteiger partial charge in [0.15, 0.2) is 0 Å². The first-order chi connectivity index (χ1) is 14.6. The van der Waals surface area contributed by atoms with Crippen molar-refractivity contribution in [2.75, 3.05) is 39.3 Å². The van der Waals surface area contributed by atoms with Crippen LogP contribution in [0.4, 0.5) is 0 Å². The minimum atomic E-state index is -0.254. The van der Waals surface area contributed by atoms with E-state index in [2.05, 4.69) is 20.1 Å². The van der Waals surface area contributed by atoms with E-state index in [4.69, 9.17) is 4.74 Å². The van der Waals surface area contributed by atoms with Crippen molar-refractivity contribution in [1.82, 2.24) is 34.2 Å². The highest BCUT2D eigenvalue weighted by molar-refractivity contribution is 5.95. The standard InChI is InChI=1S/C20H25N7O3/c1-14-16(12-21-27(14)20-22-18(28)17-5-2-6-26(17)23-20)19(29)25-9-7-24(8-10-25)13-15-4-3-11-30-15/h2,5-6,12,15H,3-4,7-11,13H2,1H3,(H,22,23,28). The highest BCUT2D eigenvalue weighted by Gasteiger charge is 2.27. The van der Waals surface area contributed by atoms with E-state index in [1.165, 1.54) is 9.20 Å². The number of piperazine rings is 1. The predicted molar refractivity (Wildman–Crippen MR) is 109 cm³/mol. The quantitative estimate of drug-likeness (QED) is 0.669. The molecule has 158 valence electrons.